The molecule has 7 nitrogen and oxygen atoms in total. The van der Waals surface area contributed by atoms with Crippen molar-refractivity contribution in [2.24, 2.45) is 0 Å². The zero-order valence-corrected chi connectivity index (χ0v) is 10.8. The number of hydrogen-bond acceptors (Lipinski definition) is 6. The van der Waals surface area contributed by atoms with Crippen LogP contribution in [-0.4, -0.2) is 49.2 Å². The van der Waals surface area contributed by atoms with Gasteiger partial charge in [-0.25, -0.2) is 14.4 Å². The number of hydrogen-bond donors (Lipinski definition) is 3. The second kappa shape index (κ2) is 4.37. The Bertz CT molecular complexity index is 645. The molecule has 1 unspecified atom stereocenters. The van der Waals surface area contributed by atoms with Crippen molar-refractivity contribution < 1.29 is 19.3 Å². The van der Waals surface area contributed by atoms with Gasteiger partial charge in [0.1, 0.15) is 30.0 Å². The van der Waals surface area contributed by atoms with E-state index in [1.165, 1.54) is 17.8 Å². The lowest BCUT2D eigenvalue weighted by atomic mass is 9.98. The summed E-state index contributed by atoms with van der Waals surface area (Å²) in [6.45, 7) is 0.766. The minimum absolute atomic E-state index is 0.284. The maximum atomic E-state index is 14.7. The van der Waals surface area contributed by atoms with Gasteiger partial charge in [0.05, 0.1) is 12.0 Å². The van der Waals surface area contributed by atoms with Gasteiger partial charge in [0.2, 0.25) is 0 Å². The van der Waals surface area contributed by atoms with E-state index < -0.39 is 30.7 Å². The Hall–Kier alpha value is -1.77. The molecule has 2 aromatic rings. The minimum atomic E-state index is -2.06. The fourth-order valence-corrected chi connectivity index (χ4v) is 2.54. The zero-order valence-electron chi connectivity index (χ0n) is 10.8. The van der Waals surface area contributed by atoms with Gasteiger partial charge in [-0.3, -0.25) is 0 Å². The Balaban J connectivity index is 2.10. The standard InChI is InChI=1S/C12H15FN4O3/c1-12(13)8(19)7(4-18)20-11(12)17-3-2-6-9(14)15-5-16-10(6)17/h2-3,5,7-8,11,18-19H,4H2,1H3,(H2,14,15,16)/t7-,8-,11?,12-/m1/s1. The lowest BCUT2D eigenvalue weighted by Crippen LogP contribution is -2.40. The Morgan fingerprint density at radius 3 is 2.95 bits per heavy atom. The van der Waals surface area contributed by atoms with Gasteiger partial charge >= 0.3 is 0 Å². The zero-order chi connectivity index (χ0) is 14.5. The number of nitrogen functional groups attached to an aromatic ring is 1. The molecule has 1 fully saturated rings. The molecule has 20 heavy (non-hydrogen) atoms. The minimum Gasteiger partial charge on any atom is -0.394 e. The van der Waals surface area contributed by atoms with E-state index in [1.54, 1.807) is 12.3 Å². The highest BCUT2D eigenvalue weighted by Gasteiger charge is 2.54. The topological polar surface area (TPSA) is 106 Å². The van der Waals surface area contributed by atoms with Crippen LogP contribution in [0.15, 0.2) is 18.6 Å². The van der Waals surface area contributed by atoms with E-state index in [1.807, 2.05) is 0 Å². The van der Waals surface area contributed by atoms with Gasteiger partial charge in [-0.15, -0.1) is 0 Å². The molecule has 3 rings (SSSR count). The fraction of sp³-hybridized carbons (Fsp3) is 0.500. The van der Waals surface area contributed by atoms with E-state index in [0.717, 1.165) is 0 Å². The first-order valence-electron chi connectivity index (χ1n) is 6.17. The second-order valence-corrected chi connectivity index (χ2v) is 5.02. The molecular weight excluding hydrogens is 267 g/mol. The number of aliphatic hydroxyl groups excluding tert-OH is 2. The van der Waals surface area contributed by atoms with Crippen LogP contribution in [0.25, 0.3) is 11.0 Å². The number of ether oxygens (including phenoxy) is 1. The molecule has 0 bridgehead atoms. The van der Waals surface area contributed by atoms with Crippen LogP contribution in [-0.2, 0) is 4.74 Å². The number of fused-ring (bicyclic) bond motifs is 1. The van der Waals surface area contributed by atoms with Gasteiger partial charge in [0.25, 0.3) is 0 Å². The monoisotopic (exact) mass is 282 g/mol. The summed E-state index contributed by atoms with van der Waals surface area (Å²) < 4.78 is 21.6. The average Bonchev–Trinajstić information content (AvgIpc) is 2.92. The SMILES string of the molecule is C[C@]1(F)C(n2ccc3c(N)ncnc32)O[C@H](CO)[C@H]1O. The molecule has 4 N–H and O–H groups in total. The van der Waals surface area contributed by atoms with Gasteiger partial charge in [-0.1, -0.05) is 0 Å². The summed E-state index contributed by atoms with van der Waals surface area (Å²) in [6, 6.07) is 1.66. The number of nitrogens with zero attached hydrogens (tertiary/aromatic N) is 3. The smallest absolute Gasteiger partial charge is 0.181 e. The van der Waals surface area contributed by atoms with Crippen LogP contribution in [0, 0.1) is 0 Å². The maximum absolute atomic E-state index is 14.7. The number of anilines is 1. The first kappa shape index (κ1) is 13.2. The van der Waals surface area contributed by atoms with Crippen molar-refractivity contribution in [2.45, 2.75) is 31.0 Å². The molecule has 0 saturated carbocycles. The third kappa shape index (κ3) is 1.69. The van der Waals surface area contributed by atoms with E-state index in [4.69, 9.17) is 15.6 Å². The predicted molar refractivity (Wildman–Crippen MR) is 68.5 cm³/mol. The van der Waals surface area contributed by atoms with Crippen molar-refractivity contribution in [3.05, 3.63) is 18.6 Å². The van der Waals surface area contributed by atoms with Crippen LogP contribution in [0.3, 0.4) is 0 Å². The lowest BCUT2D eigenvalue weighted by Gasteiger charge is -2.25. The van der Waals surface area contributed by atoms with Gasteiger partial charge < -0.3 is 25.3 Å². The molecule has 1 aliphatic rings. The van der Waals surface area contributed by atoms with Crippen molar-refractivity contribution in [1.29, 1.82) is 0 Å². The first-order valence-corrected chi connectivity index (χ1v) is 6.17. The van der Waals surface area contributed by atoms with Crippen molar-refractivity contribution in [1.82, 2.24) is 14.5 Å². The Labute approximate surface area is 113 Å². The summed E-state index contributed by atoms with van der Waals surface area (Å²) in [5.74, 6) is 0.284. The van der Waals surface area contributed by atoms with Crippen LogP contribution in [0.2, 0.25) is 0 Å². The Kier molecular flexibility index (Phi) is 2.89. The van der Waals surface area contributed by atoms with Crippen molar-refractivity contribution in [3.63, 3.8) is 0 Å². The van der Waals surface area contributed by atoms with Crippen molar-refractivity contribution in [3.8, 4) is 0 Å². The highest BCUT2D eigenvalue weighted by atomic mass is 19.1. The Morgan fingerprint density at radius 2 is 2.30 bits per heavy atom. The summed E-state index contributed by atoms with van der Waals surface area (Å²) in [5.41, 5.74) is 4.09. The molecule has 0 radical (unpaired) electrons. The van der Waals surface area contributed by atoms with E-state index in [9.17, 15) is 9.50 Å². The molecule has 4 atom stereocenters. The second-order valence-electron chi connectivity index (χ2n) is 5.02. The molecule has 2 aromatic heterocycles. The lowest BCUT2D eigenvalue weighted by molar-refractivity contribution is -0.0564. The summed E-state index contributed by atoms with van der Waals surface area (Å²) in [7, 11) is 0. The highest BCUT2D eigenvalue weighted by Crippen LogP contribution is 2.42. The van der Waals surface area contributed by atoms with Crippen LogP contribution in [0.1, 0.15) is 13.2 Å². The third-order valence-electron chi connectivity index (χ3n) is 3.69. The normalized spacial score (nSPS) is 33.9. The molecule has 108 valence electrons. The molecule has 0 spiro atoms. The number of nitrogens with two attached hydrogens (primary N) is 1. The summed E-state index contributed by atoms with van der Waals surface area (Å²) in [4.78, 5) is 7.93. The van der Waals surface area contributed by atoms with Crippen LogP contribution in [0.5, 0.6) is 0 Å². The maximum Gasteiger partial charge on any atom is 0.181 e. The van der Waals surface area contributed by atoms with Gasteiger partial charge in [-0.2, -0.15) is 0 Å². The van der Waals surface area contributed by atoms with Crippen molar-refractivity contribution >= 4 is 16.9 Å². The first-order chi connectivity index (χ1) is 9.46. The van der Waals surface area contributed by atoms with E-state index in [-0.39, 0.29) is 5.82 Å². The quantitative estimate of drug-likeness (QED) is 0.715. The number of aliphatic hydroxyl groups is 2. The van der Waals surface area contributed by atoms with Gasteiger partial charge in [0, 0.05) is 6.20 Å². The molecule has 3 heterocycles. The predicted octanol–water partition coefficient (Wildman–Crippen LogP) is -0.00770. The van der Waals surface area contributed by atoms with Crippen LogP contribution < -0.4 is 5.73 Å². The van der Waals surface area contributed by atoms with Gasteiger partial charge in [0.15, 0.2) is 11.9 Å². The molecule has 0 amide bonds. The van der Waals surface area contributed by atoms with E-state index in [2.05, 4.69) is 9.97 Å². The fourth-order valence-electron chi connectivity index (χ4n) is 2.54. The highest BCUT2D eigenvalue weighted by molar-refractivity contribution is 5.86. The number of alkyl halides is 1. The number of aromatic nitrogens is 3. The third-order valence-corrected chi connectivity index (χ3v) is 3.69. The average molecular weight is 282 g/mol. The molecule has 0 aliphatic carbocycles. The summed E-state index contributed by atoms with van der Waals surface area (Å²) in [5, 5.41) is 19.6. The molecule has 0 aromatic carbocycles. The van der Waals surface area contributed by atoms with Crippen molar-refractivity contribution in [2.75, 3.05) is 12.3 Å². The summed E-state index contributed by atoms with van der Waals surface area (Å²) in [6.07, 6.45) is -0.647. The number of rotatable bonds is 2. The van der Waals surface area contributed by atoms with Gasteiger partial charge in [-0.05, 0) is 13.0 Å². The van der Waals surface area contributed by atoms with Crippen LogP contribution >= 0.6 is 0 Å². The molecule has 1 aliphatic heterocycles. The molecular formula is C12H15FN4O3. The van der Waals surface area contributed by atoms with Crippen LogP contribution in [0.4, 0.5) is 10.2 Å². The molecule has 1 saturated heterocycles. The van der Waals surface area contributed by atoms with E-state index in [0.29, 0.717) is 11.0 Å². The largest absolute Gasteiger partial charge is 0.394 e. The molecule has 8 heteroatoms. The van der Waals surface area contributed by atoms with E-state index >= 15 is 0 Å². The number of halogens is 1. The summed E-state index contributed by atoms with van der Waals surface area (Å²) >= 11 is 0. The Morgan fingerprint density at radius 1 is 1.55 bits per heavy atom.